The number of primary amides is 1. The lowest BCUT2D eigenvalue weighted by molar-refractivity contribution is -0.198. The van der Waals surface area contributed by atoms with Gasteiger partial charge >= 0.3 is 18.0 Å². The first-order valence-corrected chi connectivity index (χ1v) is 18.5. The molecule has 1 fully saturated rings. The highest BCUT2D eigenvalue weighted by Crippen LogP contribution is 2.25. The Bertz CT molecular complexity index is 1610. The SMILES string of the molecule is COc1ccc(C(=O)N(C)[C@@H](C)C(=O)O)c(NC(=O)[C@H](CCCNC(N)=O)NC(=O)[C@@H](NC(=S)NCCOCCOCCC(=O)ON2C(=O)CCC2=O)C(C)C)c1. The topological polar surface area (TPSA) is 286 Å². The van der Waals surface area contributed by atoms with E-state index in [0.29, 0.717) is 10.8 Å². The number of methoxy groups -OCH3 is 1. The van der Waals surface area contributed by atoms with Gasteiger partial charge in [-0.2, -0.15) is 0 Å². The Hall–Kier alpha value is -5.61. The minimum atomic E-state index is -1.23. The molecule has 1 aliphatic heterocycles. The number of aliphatic carboxylic acids is 1. The Morgan fingerprint density at radius 3 is 2.18 bits per heavy atom. The zero-order valence-corrected chi connectivity index (χ0v) is 33.4. The number of hydrogen-bond donors (Lipinski definition) is 7. The van der Waals surface area contributed by atoms with Gasteiger partial charge in [0.1, 0.15) is 23.9 Å². The monoisotopic (exact) mass is 824 g/mol. The molecule has 0 bridgehead atoms. The second kappa shape index (κ2) is 24.1. The molecule has 316 valence electrons. The average Bonchev–Trinajstić information content (AvgIpc) is 3.47. The number of benzene rings is 1. The molecule has 7 amide bonds. The largest absolute Gasteiger partial charge is 0.497 e. The number of anilines is 1. The molecule has 3 atom stereocenters. The summed E-state index contributed by atoms with van der Waals surface area (Å²) in [4.78, 5) is 104. The van der Waals surface area contributed by atoms with E-state index in [1.54, 1.807) is 13.8 Å². The molecule has 22 heteroatoms. The van der Waals surface area contributed by atoms with Crippen molar-refractivity contribution in [3.63, 3.8) is 0 Å². The third-order valence-corrected chi connectivity index (χ3v) is 8.63. The van der Waals surface area contributed by atoms with Crippen LogP contribution in [0.3, 0.4) is 0 Å². The molecule has 0 spiro atoms. The number of carbonyl (C=O) groups excluding carboxylic acids is 7. The molecule has 8 N–H and O–H groups in total. The zero-order chi connectivity index (χ0) is 42.7. The zero-order valence-electron chi connectivity index (χ0n) is 32.5. The van der Waals surface area contributed by atoms with Gasteiger partial charge in [-0.3, -0.25) is 24.0 Å². The minimum absolute atomic E-state index is 0.00227. The van der Waals surface area contributed by atoms with Gasteiger partial charge in [0.15, 0.2) is 5.11 Å². The van der Waals surface area contributed by atoms with Crippen LogP contribution in [0.5, 0.6) is 5.75 Å². The summed E-state index contributed by atoms with van der Waals surface area (Å²) in [6, 6.07) is 0.214. The molecule has 2 rings (SSSR count). The molecule has 0 unspecified atom stereocenters. The van der Waals surface area contributed by atoms with E-state index in [0.717, 1.165) is 4.90 Å². The number of carbonyl (C=O) groups is 8. The lowest BCUT2D eigenvalue weighted by atomic mass is 10.0. The summed E-state index contributed by atoms with van der Waals surface area (Å²) in [6.45, 7) is 5.74. The number of imide groups is 1. The van der Waals surface area contributed by atoms with Gasteiger partial charge in [0.05, 0.1) is 51.2 Å². The molecule has 0 aromatic heterocycles. The number of carboxylic acid groups (broad SMARTS) is 1. The number of nitrogens with two attached hydrogens (primary N) is 1. The molecule has 57 heavy (non-hydrogen) atoms. The number of nitrogens with zero attached hydrogens (tertiary/aromatic N) is 2. The van der Waals surface area contributed by atoms with Crippen molar-refractivity contribution in [2.75, 3.05) is 59.0 Å². The predicted octanol–water partition coefficient (Wildman–Crippen LogP) is -0.369. The summed E-state index contributed by atoms with van der Waals surface area (Å²) in [5, 5.41) is 23.7. The van der Waals surface area contributed by atoms with Crippen molar-refractivity contribution in [3.8, 4) is 5.75 Å². The van der Waals surface area contributed by atoms with Crippen LogP contribution < -0.4 is 37.1 Å². The smallest absolute Gasteiger partial charge is 0.335 e. The lowest BCUT2D eigenvalue weighted by Crippen LogP contribution is -2.56. The fourth-order valence-corrected chi connectivity index (χ4v) is 5.22. The molecule has 1 saturated heterocycles. The molecule has 0 aliphatic carbocycles. The number of thiocarbonyl (C=S) groups is 1. The number of hydrogen-bond acceptors (Lipinski definition) is 13. The highest BCUT2D eigenvalue weighted by molar-refractivity contribution is 7.80. The fourth-order valence-electron chi connectivity index (χ4n) is 4.99. The molecular formula is C35H52N8O13S. The van der Waals surface area contributed by atoms with Crippen LogP contribution in [0, 0.1) is 5.92 Å². The molecule has 1 aromatic carbocycles. The van der Waals surface area contributed by atoms with Gasteiger partial charge in [-0.05, 0) is 50.0 Å². The maximum atomic E-state index is 13.8. The Labute approximate surface area is 334 Å². The fraction of sp³-hybridized carbons (Fsp3) is 0.571. The van der Waals surface area contributed by atoms with Crippen molar-refractivity contribution in [1.82, 2.24) is 31.2 Å². The van der Waals surface area contributed by atoms with E-state index in [-0.39, 0.29) is 93.9 Å². The second-order valence-electron chi connectivity index (χ2n) is 13.0. The summed E-state index contributed by atoms with van der Waals surface area (Å²) < 4.78 is 16.1. The van der Waals surface area contributed by atoms with Gasteiger partial charge in [-0.15, -0.1) is 5.06 Å². The van der Waals surface area contributed by atoms with E-state index in [1.165, 1.54) is 39.3 Å². The number of urea groups is 1. The van der Waals surface area contributed by atoms with Crippen LogP contribution >= 0.6 is 12.2 Å². The lowest BCUT2D eigenvalue weighted by Gasteiger charge is -2.27. The molecule has 1 aliphatic rings. The molecular weight excluding hydrogens is 772 g/mol. The Balaban J connectivity index is 1.96. The molecule has 1 aromatic rings. The highest BCUT2D eigenvalue weighted by Gasteiger charge is 2.33. The quantitative estimate of drug-likeness (QED) is 0.0398. The number of hydroxylamine groups is 2. The van der Waals surface area contributed by atoms with Crippen molar-refractivity contribution >= 4 is 70.5 Å². The third-order valence-electron chi connectivity index (χ3n) is 8.36. The van der Waals surface area contributed by atoms with Crippen molar-refractivity contribution in [1.29, 1.82) is 0 Å². The van der Waals surface area contributed by atoms with E-state index < -0.39 is 65.6 Å². The van der Waals surface area contributed by atoms with Crippen molar-refractivity contribution < 1.29 is 62.5 Å². The summed E-state index contributed by atoms with van der Waals surface area (Å²) in [5.74, 6) is -5.14. The van der Waals surface area contributed by atoms with Crippen molar-refractivity contribution in [2.45, 2.75) is 71.0 Å². The van der Waals surface area contributed by atoms with Crippen LogP contribution in [-0.2, 0) is 43.1 Å². The number of amides is 7. The predicted molar refractivity (Wildman–Crippen MR) is 205 cm³/mol. The minimum Gasteiger partial charge on any atom is -0.497 e. The number of ether oxygens (including phenoxy) is 3. The maximum Gasteiger partial charge on any atom is 0.335 e. The van der Waals surface area contributed by atoms with Gasteiger partial charge < -0.3 is 61.4 Å². The first-order valence-electron chi connectivity index (χ1n) is 18.1. The van der Waals surface area contributed by atoms with Crippen LogP contribution in [-0.4, -0.2) is 139 Å². The van der Waals surface area contributed by atoms with Crippen LogP contribution in [0.2, 0.25) is 0 Å². The van der Waals surface area contributed by atoms with Crippen molar-refractivity contribution in [2.24, 2.45) is 11.7 Å². The van der Waals surface area contributed by atoms with E-state index in [4.69, 9.17) is 37.0 Å². The first kappa shape index (κ1) is 47.5. The normalized spacial score (nSPS) is 13.9. The Morgan fingerprint density at radius 2 is 1.58 bits per heavy atom. The second-order valence-corrected chi connectivity index (χ2v) is 13.4. The van der Waals surface area contributed by atoms with Crippen LogP contribution in [0.15, 0.2) is 18.2 Å². The van der Waals surface area contributed by atoms with E-state index in [9.17, 15) is 43.5 Å². The molecule has 1 heterocycles. The van der Waals surface area contributed by atoms with Gasteiger partial charge in [0.2, 0.25) is 11.8 Å². The molecule has 0 saturated carbocycles. The number of carboxylic acids is 1. The molecule has 21 nitrogen and oxygen atoms in total. The Kier molecular flexibility index (Phi) is 20.1. The summed E-state index contributed by atoms with van der Waals surface area (Å²) in [5.41, 5.74) is 5.15. The van der Waals surface area contributed by atoms with E-state index in [1.807, 2.05) is 0 Å². The van der Waals surface area contributed by atoms with Crippen molar-refractivity contribution in [3.05, 3.63) is 23.8 Å². The van der Waals surface area contributed by atoms with Gasteiger partial charge in [0, 0.05) is 39.0 Å². The third kappa shape index (κ3) is 16.2. The highest BCUT2D eigenvalue weighted by atomic mass is 32.1. The average molecular weight is 825 g/mol. The summed E-state index contributed by atoms with van der Waals surface area (Å²) >= 11 is 5.39. The van der Waals surface area contributed by atoms with Crippen LogP contribution in [0.4, 0.5) is 10.5 Å². The molecule has 0 radical (unpaired) electrons. The van der Waals surface area contributed by atoms with Gasteiger partial charge in [-0.25, -0.2) is 14.4 Å². The Morgan fingerprint density at radius 1 is 0.930 bits per heavy atom. The number of rotatable bonds is 24. The first-order chi connectivity index (χ1) is 27.0. The number of nitrogens with one attached hydrogen (secondary N) is 5. The van der Waals surface area contributed by atoms with Gasteiger partial charge in [0.25, 0.3) is 17.7 Å². The van der Waals surface area contributed by atoms with E-state index in [2.05, 4.69) is 26.6 Å². The van der Waals surface area contributed by atoms with E-state index >= 15 is 0 Å². The number of likely N-dealkylation sites (N-methyl/N-ethyl adjacent to an activating group) is 1. The standard InChI is InChI=1S/C35H52N8O13S/c1-20(2)29(41-35(57)38-14-16-55-18-17-54-15-12-28(46)56-43-26(44)10-11-27(43)45)31(48)39-24(7-6-13-37-34(36)52)30(47)40-25-19-22(53-5)8-9-23(25)32(49)42(4)21(3)33(50)51/h8-9,19-21,24,29H,6-7,10-18H2,1-5H3,(H,39,48)(H,40,47)(H,50,51)(H3,36,37,52)(H2,38,41,57)/t21-,24-,29-/m0/s1. The summed E-state index contributed by atoms with van der Waals surface area (Å²) in [6.07, 6.45) is 0.105. The van der Waals surface area contributed by atoms with Crippen LogP contribution in [0.25, 0.3) is 0 Å². The maximum absolute atomic E-state index is 13.8. The summed E-state index contributed by atoms with van der Waals surface area (Å²) in [7, 11) is 2.70. The van der Waals surface area contributed by atoms with Gasteiger partial charge in [-0.1, -0.05) is 13.8 Å². The van der Waals surface area contributed by atoms with Crippen LogP contribution in [0.1, 0.15) is 63.2 Å².